The molecule has 0 radical (unpaired) electrons. The average Bonchev–Trinajstić information content (AvgIpc) is 2.21. The minimum atomic E-state index is -0.336. The summed E-state index contributed by atoms with van der Waals surface area (Å²) in [6.07, 6.45) is 3.62. The number of nitrogens with zero attached hydrogens (tertiary/aromatic N) is 1. The largest absolute Gasteiger partial charge is 0.469 e. The maximum Gasteiger partial charge on any atom is 0.307 e. The molecule has 1 atom stereocenters. The van der Waals surface area contributed by atoms with E-state index >= 15 is 0 Å². The van der Waals surface area contributed by atoms with Gasteiger partial charge < -0.3 is 4.74 Å². The van der Waals surface area contributed by atoms with Gasteiger partial charge in [0.15, 0.2) is 0 Å². The van der Waals surface area contributed by atoms with E-state index in [1.807, 2.05) is 0 Å². The molecule has 1 fully saturated rings. The standard InChI is InChI=1S/C10H18FNO2/c1-14-10(13)8-9-4-2-3-6-12(9)7-5-11/h9H,2-8H2,1H3. The number of hydrogen-bond donors (Lipinski definition) is 0. The zero-order valence-electron chi connectivity index (χ0n) is 8.67. The van der Waals surface area contributed by atoms with Crippen LogP contribution in [0.1, 0.15) is 25.7 Å². The van der Waals surface area contributed by atoms with Gasteiger partial charge in [0.05, 0.1) is 13.5 Å². The van der Waals surface area contributed by atoms with E-state index in [1.54, 1.807) is 0 Å². The van der Waals surface area contributed by atoms with Crippen molar-refractivity contribution in [2.75, 3.05) is 26.9 Å². The van der Waals surface area contributed by atoms with Crippen molar-refractivity contribution in [1.29, 1.82) is 0 Å². The molecule has 1 heterocycles. The SMILES string of the molecule is COC(=O)CC1CCCCN1CCF. The molecule has 0 saturated carbocycles. The zero-order valence-corrected chi connectivity index (χ0v) is 8.67. The predicted molar refractivity (Wildman–Crippen MR) is 51.8 cm³/mol. The first-order chi connectivity index (χ1) is 6.77. The van der Waals surface area contributed by atoms with E-state index in [0.29, 0.717) is 13.0 Å². The first-order valence-electron chi connectivity index (χ1n) is 5.14. The van der Waals surface area contributed by atoms with Crippen LogP contribution in [0.5, 0.6) is 0 Å². The molecule has 0 N–H and O–H groups in total. The normalized spacial score (nSPS) is 23.4. The third kappa shape index (κ3) is 3.25. The predicted octanol–water partition coefficient (Wildman–Crippen LogP) is 1.37. The molecule has 0 aromatic heterocycles. The van der Waals surface area contributed by atoms with Crippen LogP contribution in [0.4, 0.5) is 4.39 Å². The smallest absolute Gasteiger partial charge is 0.307 e. The van der Waals surface area contributed by atoms with Gasteiger partial charge in [-0.1, -0.05) is 6.42 Å². The molecule has 82 valence electrons. The molecule has 1 rings (SSSR count). The number of carbonyl (C=O) groups is 1. The summed E-state index contributed by atoms with van der Waals surface area (Å²) in [5.74, 6) is -0.194. The third-order valence-electron chi connectivity index (χ3n) is 2.75. The maximum atomic E-state index is 12.2. The molecular formula is C10H18FNO2. The molecule has 1 aliphatic heterocycles. The van der Waals surface area contributed by atoms with Crippen LogP contribution in [0, 0.1) is 0 Å². The Labute approximate surface area is 84.2 Å². The second-order valence-electron chi connectivity index (χ2n) is 3.65. The number of alkyl halides is 1. The van der Waals surface area contributed by atoms with E-state index in [0.717, 1.165) is 25.8 Å². The summed E-state index contributed by atoms with van der Waals surface area (Å²) in [4.78, 5) is 13.1. The van der Waals surface area contributed by atoms with Crippen molar-refractivity contribution in [1.82, 2.24) is 4.90 Å². The molecule has 1 unspecified atom stereocenters. The molecule has 0 spiro atoms. The van der Waals surface area contributed by atoms with Crippen molar-refractivity contribution >= 4 is 5.97 Å². The van der Waals surface area contributed by atoms with Gasteiger partial charge in [-0.25, -0.2) is 4.39 Å². The van der Waals surface area contributed by atoms with Crippen LogP contribution in [-0.2, 0) is 9.53 Å². The highest BCUT2D eigenvalue weighted by atomic mass is 19.1. The van der Waals surface area contributed by atoms with Crippen LogP contribution in [0.25, 0.3) is 0 Å². The van der Waals surface area contributed by atoms with E-state index in [4.69, 9.17) is 0 Å². The van der Waals surface area contributed by atoms with Gasteiger partial charge in [0.1, 0.15) is 6.67 Å². The van der Waals surface area contributed by atoms with Gasteiger partial charge >= 0.3 is 5.97 Å². The van der Waals surface area contributed by atoms with E-state index in [9.17, 15) is 9.18 Å². The highest BCUT2D eigenvalue weighted by Gasteiger charge is 2.24. The fraction of sp³-hybridized carbons (Fsp3) is 0.900. The van der Waals surface area contributed by atoms with Crippen molar-refractivity contribution < 1.29 is 13.9 Å². The van der Waals surface area contributed by atoms with Crippen LogP contribution in [-0.4, -0.2) is 43.8 Å². The van der Waals surface area contributed by atoms with Crippen molar-refractivity contribution in [3.05, 3.63) is 0 Å². The molecule has 0 aromatic rings. The Morgan fingerprint density at radius 1 is 1.57 bits per heavy atom. The minimum absolute atomic E-state index is 0.187. The molecule has 4 heteroatoms. The molecule has 0 amide bonds. The Hall–Kier alpha value is -0.640. The first kappa shape index (κ1) is 11.4. The van der Waals surface area contributed by atoms with Gasteiger partial charge in [0, 0.05) is 12.6 Å². The van der Waals surface area contributed by atoms with E-state index in [-0.39, 0.29) is 18.7 Å². The van der Waals surface area contributed by atoms with Crippen molar-refractivity contribution in [2.45, 2.75) is 31.7 Å². The number of ether oxygens (including phenoxy) is 1. The molecule has 1 aliphatic rings. The highest BCUT2D eigenvalue weighted by Crippen LogP contribution is 2.19. The van der Waals surface area contributed by atoms with Crippen LogP contribution in [0.15, 0.2) is 0 Å². The van der Waals surface area contributed by atoms with Gasteiger partial charge in [0.2, 0.25) is 0 Å². The zero-order chi connectivity index (χ0) is 10.4. The van der Waals surface area contributed by atoms with Crippen LogP contribution in [0.2, 0.25) is 0 Å². The van der Waals surface area contributed by atoms with Gasteiger partial charge in [0.25, 0.3) is 0 Å². The van der Waals surface area contributed by atoms with Crippen molar-refractivity contribution in [3.63, 3.8) is 0 Å². The fourth-order valence-corrected chi connectivity index (χ4v) is 1.97. The fourth-order valence-electron chi connectivity index (χ4n) is 1.97. The Morgan fingerprint density at radius 3 is 3.00 bits per heavy atom. The lowest BCUT2D eigenvalue weighted by Gasteiger charge is -2.34. The lowest BCUT2D eigenvalue weighted by Crippen LogP contribution is -2.42. The van der Waals surface area contributed by atoms with Crippen molar-refractivity contribution in [2.24, 2.45) is 0 Å². The summed E-state index contributed by atoms with van der Waals surface area (Å²) in [6.45, 7) is 1.02. The molecular weight excluding hydrogens is 185 g/mol. The topological polar surface area (TPSA) is 29.5 Å². The van der Waals surface area contributed by atoms with Crippen LogP contribution in [0.3, 0.4) is 0 Å². The van der Waals surface area contributed by atoms with E-state index < -0.39 is 0 Å². The van der Waals surface area contributed by atoms with E-state index in [1.165, 1.54) is 7.11 Å². The van der Waals surface area contributed by atoms with E-state index in [2.05, 4.69) is 9.64 Å². The molecule has 0 aromatic carbocycles. The number of methoxy groups -OCH3 is 1. The Balaban J connectivity index is 2.41. The maximum absolute atomic E-state index is 12.2. The van der Waals surface area contributed by atoms with Crippen LogP contribution >= 0.6 is 0 Å². The van der Waals surface area contributed by atoms with Crippen molar-refractivity contribution in [3.8, 4) is 0 Å². The summed E-state index contributed by atoms with van der Waals surface area (Å²) in [7, 11) is 1.39. The Bertz CT molecular complexity index is 185. The lowest BCUT2D eigenvalue weighted by molar-refractivity contribution is -0.142. The lowest BCUT2D eigenvalue weighted by atomic mass is 9.99. The highest BCUT2D eigenvalue weighted by molar-refractivity contribution is 5.69. The Morgan fingerprint density at radius 2 is 2.36 bits per heavy atom. The molecule has 14 heavy (non-hydrogen) atoms. The third-order valence-corrected chi connectivity index (χ3v) is 2.75. The molecule has 0 aliphatic carbocycles. The summed E-state index contributed by atoms with van der Waals surface area (Å²) < 4.78 is 16.8. The van der Waals surface area contributed by atoms with Gasteiger partial charge in [-0.05, 0) is 19.4 Å². The summed E-state index contributed by atoms with van der Waals surface area (Å²) in [5.41, 5.74) is 0. The van der Waals surface area contributed by atoms with Gasteiger partial charge in [-0.15, -0.1) is 0 Å². The van der Waals surface area contributed by atoms with Crippen LogP contribution < -0.4 is 0 Å². The number of esters is 1. The Kier molecular flexibility index (Phi) is 4.87. The monoisotopic (exact) mass is 203 g/mol. The van der Waals surface area contributed by atoms with Gasteiger partial charge in [-0.3, -0.25) is 9.69 Å². The minimum Gasteiger partial charge on any atom is -0.469 e. The molecule has 3 nitrogen and oxygen atoms in total. The summed E-state index contributed by atoms with van der Waals surface area (Å²) in [5, 5.41) is 0. The number of carbonyl (C=O) groups excluding carboxylic acids is 1. The number of halogens is 1. The molecule has 0 bridgehead atoms. The average molecular weight is 203 g/mol. The summed E-state index contributed by atoms with van der Waals surface area (Å²) in [6, 6.07) is 0.187. The summed E-state index contributed by atoms with van der Waals surface area (Å²) >= 11 is 0. The second-order valence-corrected chi connectivity index (χ2v) is 3.65. The number of rotatable bonds is 4. The second kappa shape index (κ2) is 5.96. The number of hydrogen-bond acceptors (Lipinski definition) is 3. The quantitative estimate of drug-likeness (QED) is 0.646. The molecule has 1 saturated heterocycles. The van der Waals surface area contributed by atoms with Gasteiger partial charge in [-0.2, -0.15) is 0 Å². The number of likely N-dealkylation sites (tertiary alicyclic amines) is 1. The first-order valence-corrected chi connectivity index (χ1v) is 5.14. The number of piperidine rings is 1.